The average molecular weight is 590 g/mol. The number of carbonyl (C=O) groups is 2. The number of amides is 2. The largest absolute Gasteiger partial charge is 0.497 e. The van der Waals surface area contributed by atoms with E-state index in [1.807, 2.05) is 6.92 Å². The van der Waals surface area contributed by atoms with Crippen LogP contribution >= 0.6 is 11.6 Å². The third-order valence-electron chi connectivity index (χ3n) is 6.24. The SMILES string of the molecule is CCCNC(=O)C(CC)N(Cc1ccc(Cl)cc1)C(=O)CN(c1ccc(F)cc1)S(=O)(=O)c1ccc(OC)cc1. The Bertz CT molecular complexity index is 1380. The molecule has 0 saturated carbocycles. The summed E-state index contributed by atoms with van der Waals surface area (Å²) in [6.07, 6.45) is 1.02. The van der Waals surface area contributed by atoms with Gasteiger partial charge in [0.25, 0.3) is 10.0 Å². The van der Waals surface area contributed by atoms with Crippen molar-refractivity contribution >= 4 is 39.1 Å². The number of methoxy groups -OCH3 is 1. The third kappa shape index (κ3) is 7.73. The van der Waals surface area contributed by atoms with Gasteiger partial charge in [-0.3, -0.25) is 13.9 Å². The quantitative estimate of drug-likeness (QED) is 0.302. The summed E-state index contributed by atoms with van der Waals surface area (Å²) < 4.78 is 47.4. The Morgan fingerprint density at radius 2 is 1.60 bits per heavy atom. The lowest BCUT2D eigenvalue weighted by atomic mass is 10.1. The molecule has 3 aromatic carbocycles. The summed E-state index contributed by atoms with van der Waals surface area (Å²) in [5.74, 6) is -1.03. The Morgan fingerprint density at radius 3 is 2.15 bits per heavy atom. The van der Waals surface area contributed by atoms with E-state index < -0.39 is 34.3 Å². The molecule has 1 unspecified atom stereocenters. The number of hydrogen-bond donors (Lipinski definition) is 1. The molecule has 0 aliphatic rings. The van der Waals surface area contributed by atoms with E-state index in [1.54, 1.807) is 31.2 Å². The average Bonchev–Trinajstić information content (AvgIpc) is 2.96. The fourth-order valence-electron chi connectivity index (χ4n) is 4.08. The van der Waals surface area contributed by atoms with Crippen LogP contribution in [0.2, 0.25) is 5.02 Å². The first kappa shape index (κ1) is 30.9. The summed E-state index contributed by atoms with van der Waals surface area (Å²) >= 11 is 6.03. The van der Waals surface area contributed by atoms with Gasteiger partial charge in [0, 0.05) is 18.1 Å². The smallest absolute Gasteiger partial charge is 0.264 e. The number of hydrogen-bond acceptors (Lipinski definition) is 5. The molecule has 0 aliphatic heterocycles. The molecule has 0 saturated heterocycles. The molecule has 3 aromatic rings. The first-order valence-corrected chi connectivity index (χ1v) is 14.7. The number of halogens is 2. The highest BCUT2D eigenvalue weighted by molar-refractivity contribution is 7.92. The maximum atomic E-state index is 13.9. The van der Waals surface area contributed by atoms with Crippen LogP contribution in [-0.2, 0) is 26.2 Å². The van der Waals surface area contributed by atoms with Gasteiger partial charge in [0.2, 0.25) is 11.8 Å². The third-order valence-corrected chi connectivity index (χ3v) is 8.28. The molecule has 0 aromatic heterocycles. The van der Waals surface area contributed by atoms with Gasteiger partial charge in [-0.15, -0.1) is 0 Å². The fourth-order valence-corrected chi connectivity index (χ4v) is 5.62. The Hall–Kier alpha value is -3.63. The predicted octanol–water partition coefficient (Wildman–Crippen LogP) is 5.02. The zero-order valence-electron chi connectivity index (χ0n) is 22.6. The van der Waals surface area contributed by atoms with Gasteiger partial charge in [-0.05, 0) is 79.1 Å². The van der Waals surface area contributed by atoms with Crippen LogP contribution in [-0.4, -0.2) is 51.4 Å². The van der Waals surface area contributed by atoms with E-state index in [1.165, 1.54) is 48.4 Å². The highest BCUT2D eigenvalue weighted by atomic mass is 35.5. The molecular weight excluding hydrogens is 557 g/mol. The van der Waals surface area contributed by atoms with Crippen molar-refractivity contribution in [2.45, 2.75) is 44.2 Å². The van der Waals surface area contributed by atoms with E-state index in [4.69, 9.17) is 16.3 Å². The lowest BCUT2D eigenvalue weighted by Crippen LogP contribution is -2.52. The van der Waals surface area contributed by atoms with Crippen molar-refractivity contribution < 1.29 is 27.1 Å². The first-order chi connectivity index (χ1) is 19.1. The minimum Gasteiger partial charge on any atom is -0.497 e. The van der Waals surface area contributed by atoms with Crippen molar-refractivity contribution in [3.63, 3.8) is 0 Å². The molecule has 40 heavy (non-hydrogen) atoms. The maximum Gasteiger partial charge on any atom is 0.264 e. The molecule has 2 amide bonds. The standard InChI is InChI=1S/C29H33ClFN3O5S/c1-4-18-32-29(36)27(5-2)33(19-21-6-8-22(30)9-7-21)28(35)20-34(24-12-10-23(31)11-13-24)40(37,38)26-16-14-25(39-3)15-17-26/h6-17,27H,4-5,18-20H2,1-3H3,(H,32,36). The molecule has 0 spiro atoms. The molecule has 8 nitrogen and oxygen atoms in total. The second kappa shape index (κ2) is 14.1. The number of ether oxygens (including phenoxy) is 1. The molecule has 1 atom stereocenters. The zero-order valence-corrected chi connectivity index (χ0v) is 24.2. The number of nitrogens with zero attached hydrogens (tertiary/aromatic N) is 2. The Labute approximate surface area is 239 Å². The summed E-state index contributed by atoms with van der Waals surface area (Å²) in [5, 5.41) is 3.35. The van der Waals surface area contributed by atoms with Crippen molar-refractivity contribution in [3.8, 4) is 5.75 Å². The second-order valence-corrected chi connectivity index (χ2v) is 11.3. The molecule has 3 rings (SSSR count). The van der Waals surface area contributed by atoms with E-state index in [0.29, 0.717) is 35.7 Å². The molecule has 11 heteroatoms. The van der Waals surface area contributed by atoms with Gasteiger partial charge < -0.3 is 15.0 Å². The molecule has 0 aliphatic carbocycles. The Balaban J connectivity index is 2.04. The van der Waals surface area contributed by atoms with E-state index >= 15 is 0 Å². The molecule has 0 fully saturated rings. The van der Waals surface area contributed by atoms with E-state index in [9.17, 15) is 22.4 Å². The normalized spacial score (nSPS) is 11.9. The van der Waals surface area contributed by atoms with Crippen molar-refractivity contribution in [1.29, 1.82) is 0 Å². The van der Waals surface area contributed by atoms with E-state index in [-0.39, 0.29) is 23.0 Å². The van der Waals surface area contributed by atoms with Gasteiger partial charge in [-0.2, -0.15) is 0 Å². The van der Waals surface area contributed by atoms with Crippen LogP contribution in [0.15, 0.2) is 77.7 Å². The van der Waals surface area contributed by atoms with Crippen LogP contribution in [0.25, 0.3) is 0 Å². The topological polar surface area (TPSA) is 96.0 Å². The minimum atomic E-state index is -4.28. The number of carbonyl (C=O) groups excluding carboxylic acids is 2. The highest BCUT2D eigenvalue weighted by Gasteiger charge is 2.33. The van der Waals surface area contributed by atoms with Gasteiger partial charge in [-0.25, -0.2) is 12.8 Å². The van der Waals surface area contributed by atoms with Gasteiger partial charge in [-0.1, -0.05) is 37.6 Å². The molecular formula is C29H33ClFN3O5S. The van der Waals surface area contributed by atoms with Crippen molar-refractivity contribution in [3.05, 3.63) is 89.2 Å². The number of rotatable bonds is 13. The minimum absolute atomic E-state index is 0.0495. The predicted molar refractivity (Wildman–Crippen MR) is 153 cm³/mol. The fraction of sp³-hybridized carbons (Fsp3) is 0.310. The van der Waals surface area contributed by atoms with Gasteiger partial charge in [0.15, 0.2) is 0 Å². The van der Waals surface area contributed by atoms with Crippen molar-refractivity contribution in [2.75, 3.05) is 24.5 Å². The van der Waals surface area contributed by atoms with Crippen LogP contribution in [0.4, 0.5) is 10.1 Å². The van der Waals surface area contributed by atoms with E-state index in [2.05, 4.69) is 5.32 Å². The van der Waals surface area contributed by atoms with Crippen LogP contribution in [0.5, 0.6) is 5.75 Å². The Kier molecular flexibility index (Phi) is 10.9. The van der Waals surface area contributed by atoms with Gasteiger partial charge in [0.1, 0.15) is 24.2 Å². The van der Waals surface area contributed by atoms with Crippen molar-refractivity contribution in [2.24, 2.45) is 0 Å². The lowest BCUT2D eigenvalue weighted by molar-refractivity contribution is -0.140. The van der Waals surface area contributed by atoms with Crippen molar-refractivity contribution in [1.82, 2.24) is 10.2 Å². The van der Waals surface area contributed by atoms with Crippen LogP contribution in [0.3, 0.4) is 0 Å². The van der Waals surface area contributed by atoms with Gasteiger partial charge >= 0.3 is 0 Å². The number of sulfonamides is 1. The molecule has 0 bridgehead atoms. The highest BCUT2D eigenvalue weighted by Crippen LogP contribution is 2.26. The number of benzene rings is 3. The first-order valence-electron chi connectivity index (χ1n) is 12.8. The molecule has 0 heterocycles. The summed E-state index contributed by atoms with van der Waals surface area (Å²) in [7, 11) is -2.81. The monoisotopic (exact) mass is 589 g/mol. The molecule has 1 N–H and O–H groups in total. The Morgan fingerprint density at radius 1 is 0.975 bits per heavy atom. The van der Waals surface area contributed by atoms with Crippen LogP contribution < -0.4 is 14.4 Å². The van der Waals surface area contributed by atoms with Crippen LogP contribution in [0, 0.1) is 5.82 Å². The summed E-state index contributed by atoms with van der Waals surface area (Å²) in [6, 6.07) is 16.5. The second-order valence-electron chi connectivity index (χ2n) is 9.03. The van der Waals surface area contributed by atoms with Crippen LogP contribution in [0.1, 0.15) is 32.3 Å². The molecule has 214 valence electrons. The van der Waals surface area contributed by atoms with Gasteiger partial charge in [0.05, 0.1) is 17.7 Å². The number of nitrogens with one attached hydrogen (secondary N) is 1. The summed E-state index contributed by atoms with van der Waals surface area (Å²) in [6.45, 7) is 3.57. The summed E-state index contributed by atoms with van der Waals surface area (Å²) in [4.78, 5) is 28.3. The molecule has 0 radical (unpaired) electrons. The summed E-state index contributed by atoms with van der Waals surface area (Å²) in [5.41, 5.74) is 0.811. The number of anilines is 1. The van der Waals surface area contributed by atoms with E-state index in [0.717, 1.165) is 16.4 Å². The maximum absolute atomic E-state index is 13.9. The lowest BCUT2D eigenvalue weighted by Gasteiger charge is -2.33. The zero-order chi connectivity index (χ0) is 29.3.